The molecule has 0 bridgehead atoms. The summed E-state index contributed by atoms with van der Waals surface area (Å²) in [4.78, 5) is 0. The van der Waals surface area contributed by atoms with Crippen LogP contribution in [0.1, 0.15) is 27.7 Å². The van der Waals surface area contributed by atoms with Crippen LogP contribution >= 0.6 is 0 Å². The Morgan fingerprint density at radius 2 is 1.82 bits per heavy atom. The van der Waals surface area contributed by atoms with E-state index < -0.39 is 0 Å². The maximum absolute atomic E-state index is 5.44. The largest absolute Gasteiger partial charge is 0.492 e. The van der Waals surface area contributed by atoms with Crippen LogP contribution in [-0.4, -0.2) is 13.4 Å². The van der Waals surface area contributed by atoms with E-state index >= 15 is 0 Å². The molecule has 1 aliphatic heterocycles. The minimum Gasteiger partial charge on any atom is -0.382 e. The Labute approximate surface area is 68.7 Å². The second-order valence-corrected chi connectivity index (χ2v) is 4.15. The molecule has 1 fully saturated rings. The number of rotatable bonds is 1. The van der Waals surface area contributed by atoms with Gasteiger partial charge >= 0.3 is 7.12 Å². The molecule has 0 spiro atoms. The summed E-state index contributed by atoms with van der Waals surface area (Å²) in [6.07, 6.45) is -0.0656. The first-order valence-corrected chi connectivity index (χ1v) is 3.87. The highest BCUT2D eigenvalue weighted by atomic mass is 16.8. The minimum atomic E-state index is -0.167. The molecule has 62 valence electrons. The van der Waals surface area contributed by atoms with Crippen LogP contribution in [0.2, 0.25) is 0 Å². The second kappa shape index (κ2) is 2.65. The third-order valence-corrected chi connectivity index (χ3v) is 1.60. The molecule has 0 aliphatic carbocycles. The van der Waals surface area contributed by atoms with Crippen LogP contribution in [0, 0.1) is 5.41 Å². The maximum atomic E-state index is 5.44. The normalized spacial score (nSPS) is 19.8. The van der Waals surface area contributed by atoms with Gasteiger partial charge in [-0.2, -0.15) is 0 Å². The van der Waals surface area contributed by atoms with Gasteiger partial charge in [-0.15, -0.1) is 6.58 Å². The molecule has 0 aromatic carbocycles. The second-order valence-electron chi connectivity index (χ2n) is 4.15. The molecule has 2 nitrogen and oxygen atoms in total. The predicted octanol–water partition coefficient (Wildman–Crippen LogP) is 2.01. The first-order valence-electron chi connectivity index (χ1n) is 3.87. The molecule has 1 rings (SSSR count). The van der Waals surface area contributed by atoms with Crippen LogP contribution in [0.25, 0.3) is 0 Å². The highest BCUT2D eigenvalue weighted by molar-refractivity contribution is 6.55. The maximum Gasteiger partial charge on any atom is 0.492 e. The van der Waals surface area contributed by atoms with E-state index in [1.165, 1.54) is 0 Å². The van der Waals surface area contributed by atoms with E-state index in [0.717, 1.165) is 5.47 Å². The standard InChI is InChI=1S/C8H15BO2/c1-6(2)9-10-7(11-9)8(3,4)5/h7H,1H2,2-5H3. The van der Waals surface area contributed by atoms with Gasteiger partial charge in [0.05, 0.1) is 0 Å². The first kappa shape index (κ1) is 8.82. The summed E-state index contributed by atoms with van der Waals surface area (Å²) in [5.74, 6) is 0. The van der Waals surface area contributed by atoms with Crippen LogP contribution in [0.3, 0.4) is 0 Å². The topological polar surface area (TPSA) is 18.5 Å². The fraction of sp³-hybridized carbons (Fsp3) is 0.750. The van der Waals surface area contributed by atoms with Crippen molar-refractivity contribution in [3.8, 4) is 0 Å². The van der Waals surface area contributed by atoms with Crippen LogP contribution in [0.4, 0.5) is 0 Å². The van der Waals surface area contributed by atoms with E-state index in [1.807, 2.05) is 6.92 Å². The number of allylic oxidation sites excluding steroid dienone is 1. The zero-order valence-corrected chi connectivity index (χ0v) is 7.68. The van der Waals surface area contributed by atoms with Crippen molar-refractivity contribution in [2.45, 2.75) is 34.0 Å². The zero-order valence-electron chi connectivity index (χ0n) is 7.68. The van der Waals surface area contributed by atoms with Gasteiger partial charge in [0.1, 0.15) is 6.29 Å². The van der Waals surface area contributed by atoms with Gasteiger partial charge in [-0.05, 0) is 6.92 Å². The van der Waals surface area contributed by atoms with Gasteiger partial charge in [0.2, 0.25) is 0 Å². The van der Waals surface area contributed by atoms with Gasteiger partial charge in [-0.25, -0.2) is 0 Å². The van der Waals surface area contributed by atoms with Gasteiger partial charge in [0.15, 0.2) is 0 Å². The van der Waals surface area contributed by atoms with Crippen LogP contribution < -0.4 is 0 Å². The van der Waals surface area contributed by atoms with Crippen LogP contribution in [-0.2, 0) is 9.31 Å². The number of hydrogen-bond acceptors (Lipinski definition) is 2. The smallest absolute Gasteiger partial charge is 0.382 e. The van der Waals surface area contributed by atoms with Crippen molar-refractivity contribution in [3.63, 3.8) is 0 Å². The van der Waals surface area contributed by atoms with Crippen molar-refractivity contribution in [1.82, 2.24) is 0 Å². The molecule has 3 heteroatoms. The fourth-order valence-electron chi connectivity index (χ4n) is 0.875. The van der Waals surface area contributed by atoms with E-state index in [0.29, 0.717) is 0 Å². The lowest BCUT2D eigenvalue weighted by molar-refractivity contribution is -0.169. The summed E-state index contributed by atoms with van der Waals surface area (Å²) in [6.45, 7) is 11.9. The Kier molecular flexibility index (Phi) is 2.12. The van der Waals surface area contributed by atoms with Crippen molar-refractivity contribution in [2.75, 3.05) is 0 Å². The van der Waals surface area contributed by atoms with Gasteiger partial charge in [0, 0.05) is 5.41 Å². The first-order chi connectivity index (χ1) is 4.91. The lowest BCUT2D eigenvalue weighted by Crippen LogP contribution is -2.52. The number of hydrogen-bond donors (Lipinski definition) is 0. The minimum absolute atomic E-state index is 0.0656. The molecule has 1 aliphatic rings. The van der Waals surface area contributed by atoms with Crippen molar-refractivity contribution >= 4 is 7.12 Å². The summed E-state index contributed by atoms with van der Waals surface area (Å²) in [7, 11) is -0.167. The fourth-order valence-corrected chi connectivity index (χ4v) is 0.875. The van der Waals surface area contributed by atoms with Crippen molar-refractivity contribution < 1.29 is 9.31 Å². The SMILES string of the molecule is C=C(C)B1OC(C(C)(C)C)O1. The van der Waals surface area contributed by atoms with Crippen LogP contribution in [0.5, 0.6) is 0 Å². The highest BCUT2D eigenvalue weighted by Gasteiger charge is 2.43. The Balaban J connectivity index is 2.35. The third-order valence-electron chi connectivity index (χ3n) is 1.60. The summed E-state index contributed by atoms with van der Waals surface area (Å²) in [5, 5.41) is 0. The van der Waals surface area contributed by atoms with E-state index in [9.17, 15) is 0 Å². The van der Waals surface area contributed by atoms with Gasteiger partial charge in [-0.1, -0.05) is 26.2 Å². The summed E-state index contributed by atoms with van der Waals surface area (Å²) >= 11 is 0. The molecule has 0 aromatic rings. The van der Waals surface area contributed by atoms with E-state index in [4.69, 9.17) is 9.31 Å². The lowest BCUT2D eigenvalue weighted by atomic mass is 9.75. The molecule has 1 saturated heterocycles. The average Bonchev–Trinajstić information content (AvgIpc) is 1.51. The molecule has 0 unspecified atom stereocenters. The highest BCUT2D eigenvalue weighted by Crippen LogP contribution is 2.32. The predicted molar refractivity (Wildman–Crippen MR) is 46.0 cm³/mol. The van der Waals surface area contributed by atoms with E-state index in [1.54, 1.807) is 0 Å². The van der Waals surface area contributed by atoms with E-state index in [-0.39, 0.29) is 18.8 Å². The molecule has 0 N–H and O–H groups in total. The molecule has 0 radical (unpaired) electrons. The summed E-state index contributed by atoms with van der Waals surface area (Å²) < 4.78 is 10.9. The van der Waals surface area contributed by atoms with E-state index in [2.05, 4.69) is 27.4 Å². The van der Waals surface area contributed by atoms with Crippen molar-refractivity contribution in [1.29, 1.82) is 0 Å². The van der Waals surface area contributed by atoms with Crippen molar-refractivity contribution in [3.05, 3.63) is 12.1 Å². The Hall–Kier alpha value is -0.275. The Morgan fingerprint density at radius 1 is 1.36 bits per heavy atom. The average molecular weight is 154 g/mol. The molecule has 1 heterocycles. The van der Waals surface area contributed by atoms with Gasteiger partial charge < -0.3 is 9.31 Å². The van der Waals surface area contributed by atoms with Crippen molar-refractivity contribution in [2.24, 2.45) is 5.41 Å². The summed E-state index contributed by atoms with van der Waals surface area (Å²) in [6, 6.07) is 0. The molecule has 0 aromatic heterocycles. The zero-order chi connectivity index (χ0) is 8.65. The monoisotopic (exact) mass is 154 g/mol. The molecule has 11 heavy (non-hydrogen) atoms. The third kappa shape index (κ3) is 1.85. The quantitative estimate of drug-likeness (QED) is 0.537. The van der Waals surface area contributed by atoms with Gasteiger partial charge in [-0.3, -0.25) is 0 Å². The Morgan fingerprint density at radius 3 is 2.09 bits per heavy atom. The Bertz CT molecular complexity index is 165. The molecule has 0 saturated carbocycles. The van der Waals surface area contributed by atoms with Crippen LogP contribution in [0.15, 0.2) is 12.1 Å². The van der Waals surface area contributed by atoms with Gasteiger partial charge in [0.25, 0.3) is 0 Å². The lowest BCUT2D eigenvalue weighted by Gasteiger charge is -2.42. The molecular weight excluding hydrogens is 139 g/mol. The molecule has 0 atom stereocenters. The molecular formula is C8H15BO2. The molecule has 0 amide bonds. The summed E-state index contributed by atoms with van der Waals surface area (Å²) in [5.41, 5.74) is 1.01.